The molecule has 0 bridgehead atoms. The molecular formula is C8H10Cl2N2. The summed E-state index contributed by atoms with van der Waals surface area (Å²) in [6, 6.07) is 2.08. The number of pyridine rings is 1. The normalized spacial score (nSPS) is 20.0. The van der Waals surface area contributed by atoms with Crippen LogP contribution >= 0.6 is 24.0 Å². The lowest BCUT2D eigenvalue weighted by atomic mass is 10.2. The van der Waals surface area contributed by atoms with Gasteiger partial charge in [-0.2, -0.15) is 0 Å². The number of aromatic nitrogens is 1. The fraction of sp³-hybridized carbons (Fsp3) is 0.375. The minimum Gasteiger partial charge on any atom is -0.323 e. The lowest BCUT2D eigenvalue weighted by Gasteiger charge is -2.01. The third-order valence-electron chi connectivity index (χ3n) is 2.04. The fourth-order valence-electron chi connectivity index (χ4n) is 1.47. The van der Waals surface area contributed by atoms with E-state index in [9.17, 15) is 0 Å². The lowest BCUT2D eigenvalue weighted by molar-refractivity contribution is 0.698. The maximum Gasteiger partial charge on any atom is 0.0604 e. The molecule has 1 aromatic rings. The third kappa shape index (κ3) is 1.56. The van der Waals surface area contributed by atoms with Gasteiger partial charge in [0.15, 0.2) is 0 Å². The Morgan fingerprint density at radius 3 is 3.08 bits per heavy atom. The predicted octanol–water partition coefficient (Wildman–Crippen LogP) is 2.10. The number of halogens is 2. The Kier molecular flexibility index (Phi) is 2.94. The number of nitrogens with two attached hydrogens (primary N) is 1. The second-order valence-electron chi connectivity index (χ2n) is 2.84. The van der Waals surface area contributed by atoms with Gasteiger partial charge in [0.05, 0.1) is 10.7 Å². The first-order valence-corrected chi connectivity index (χ1v) is 4.05. The zero-order chi connectivity index (χ0) is 7.84. The average molecular weight is 205 g/mol. The summed E-state index contributed by atoms with van der Waals surface area (Å²) in [6.07, 6.45) is 3.68. The van der Waals surface area contributed by atoms with E-state index in [1.807, 2.05) is 6.07 Å². The first kappa shape index (κ1) is 9.78. The van der Waals surface area contributed by atoms with Gasteiger partial charge in [0.25, 0.3) is 0 Å². The molecule has 66 valence electrons. The maximum absolute atomic E-state index is 5.79. The minimum atomic E-state index is 0. The topological polar surface area (TPSA) is 38.9 Å². The molecule has 0 spiro atoms. The number of hydrogen-bond donors (Lipinski definition) is 1. The molecule has 0 saturated heterocycles. The summed E-state index contributed by atoms with van der Waals surface area (Å²) in [6.45, 7) is 0. The Bertz CT molecular complexity index is 288. The predicted molar refractivity (Wildman–Crippen MR) is 51.7 cm³/mol. The van der Waals surface area contributed by atoms with Crippen LogP contribution in [0.2, 0.25) is 5.02 Å². The van der Waals surface area contributed by atoms with Gasteiger partial charge in [0.1, 0.15) is 0 Å². The summed E-state index contributed by atoms with van der Waals surface area (Å²) < 4.78 is 0. The molecule has 4 heteroatoms. The Labute approximate surface area is 82.5 Å². The van der Waals surface area contributed by atoms with E-state index in [-0.39, 0.29) is 18.4 Å². The molecule has 2 N–H and O–H groups in total. The Balaban J connectivity index is 0.000000720. The van der Waals surface area contributed by atoms with Crippen LogP contribution in [-0.2, 0) is 6.42 Å². The van der Waals surface area contributed by atoms with E-state index in [0.717, 1.165) is 18.5 Å². The van der Waals surface area contributed by atoms with Crippen LogP contribution < -0.4 is 5.73 Å². The number of rotatable bonds is 0. The molecule has 1 unspecified atom stereocenters. The SMILES string of the molecule is Cl.NC1CCc2cc(Cl)cnc21. The molecule has 0 fully saturated rings. The van der Waals surface area contributed by atoms with Crippen molar-refractivity contribution < 1.29 is 0 Å². The molecule has 1 atom stereocenters. The monoisotopic (exact) mass is 204 g/mol. The van der Waals surface area contributed by atoms with Crippen LogP contribution in [0.25, 0.3) is 0 Å². The zero-order valence-electron chi connectivity index (χ0n) is 6.46. The molecule has 2 rings (SSSR count). The summed E-state index contributed by atoms with van der Waals surface area (Å²) in [5, 5.41) is 0.706. The average Bonchev–Trinajstić information content (AvgIpc) is 2.32. The van der Waals surface area contributed by atoms with Gasteiger partial charge in [0, 0.05) is 12.2 Å². The fourth-order valence-corrected chi connectivity index (χ4v) is 1.65. The Morgan fingerprint density at radius 1 is 1.58 bits per heavy atom. The van der Waals surface area contributed by atoms with Gasteiger partial charge in [-0.1, -0.05) is 11.6 Å². The molecule has 0 saturated carbocycles. The van der Waals surface area contributed by atoms with E-state index < -0.39 is 0 Å². The molecule has 0 aliphatic heterocycles. The number of fused-ring (bicyclic) bond motifs is 1. The van der Waals surface area contributed by atoms with Crippen LogP contribution in [0.1, 0.15) is 23.7 Å². The number of hydrogen-bond acceptors (Lipinski definition) is 2. The minimum absolute atomic E-state index is 0. The van der Waals surface area contributed by atoms with E-state index >= 15 is 0 Å². The highest BCUT2D eigenvalue weighted by Crippen LogP contribution is 2.28. The van der Waals surface area contributed by atoms with Crippen LogP contribution in [0, 0.1) is 0 Å². The summed E-state index contributed by atoms with van der Waals surface area (Å²) >= 11 is 5.77. The van der Waals surface area contributed by atoms with Crippen molar-refractivity contribution in [1.82, 2.24) is 4.98 Å². The van der Waals surface area contributed by atoms with E-state index in [4.69, 9.17) is 17.3 Å². The first-order chi connectivity index (χ1) is 5.27. The second-order valence-corrected chi connectivity index (χ2v) is 3.28. The molecular weight excluding hydrogens is 195 g/mol. The van der Waals surface area contributed by atoms with Crippen LogP contribution in [0.3, 0.4) is 0 Å². The Morgan fingerprint density at radius 2 is 2.33 bits per heavy atom. The lowest BCUT2D eigenvalue weighted by Crippen LogP contribution is -2.06. The van der Waals surface area contributed by atoms with Crippen LogP contribution in [-0.4, -0.2) is 4.98 Å². The van der Waals surface area contributed by atoms with Crippen LogP contribution in [0.15, 0.2) is 12.3 Å². The van der Waals surface area contributed by atoms with Gasteiger partial charge < -0.3 is 5.73 Å². The maximum atomic E-state index is 5.79. The number of aryl methyl sites for hydroxylation is 1. The largest absolute Gasteiger partial charge is 0.323 e. The molecule has 0 aromatic carbocycles. The van der Waals surface area contributed by atoms with Crippen LogP contribution in [0.4, 0.5) is 0 Å². The highest BCUT2D eigenvalue weighted by atomic mass is 35.5. The molecule has 1 aliphatic carbocycles. The van der Waals surface area contributed by atoms with Gasteiger partial charge in [-0.3, -0.25) is 4.98 Å². The summed E-state index contributed by atoms with van der Waals surface area (Å²) in [4.78, 5) is 4.18. The molecule has 1 aromatic heterocycles. The van der Waals surface area contributed by atoms with Crippen molar-refractivity contribution in [3.8, 4) is 0 Å². The molecule has 0 radical (unpaired) electrons. The van der Waals surface area contributed by atoms with Gasteiger partial charge in [-0.05, 0) is 24.5 Å². The highest BCUT2D eigenvalue weighted by Gasteiger charge is 2.19. The van der Waals surface area contributed by atoms with Gasteiger partial charge >= 0.3 is 0 Å². The Hall–Kier alpha value is -0.310. The molecule has 1 aliphatic rings. The van der Waals surface area contributed by atoms with E-state index in [1.54, 1.807) is 6.20 Å². The van der Waals surface area contributed by atoms with Crippen molar-refractivity contribution in [2.75, 3.05) is 0 Å². The van der Waals surface area contributed by atoms with Crippen molar-refractivity contribution >= 4 is 24.0 Å². The smallest absolute Gasteiger partial charge is 0.0604 e. The number of nitrogens with zero attached hydrogens (tertiary/aromatic N) is 1. The standard InChI is InChI=1S/C8H9ClN2.ClH/c9-6-3-5-1-2-7(10)8(5)11-4-6;/h3-4,7H,1-2,10H2;1H. The van der Waals surface area contributed by atoms with Crippen molar-refractivity contribution in [2.45, 2.75) is 18.9 Å². The van der Waals surface area contributed by atoms with Crippen LogP contribution in [0.5, 0.6) is 0 Å². The third-order valence-corrected chi connectivity index (χ3v) is 2.25. The van der Waals surface area contributed by atoms with E-state index in [0.29, 0.717) is 5.02 Å². The van der Waals surface area contributed by atoms with E-state index in [2.05, 4.69) is 4.98 Å². The molecule has 1 heterocycles. The zero-order valence-corrected chi connectivity index (χ0v) is 8.03. The summed E-state index contributed by atoms with van der Waals surface area (Å²) in [5.74, 6) is 0. The summed E-state index contributed by atoms with van der Waals surface area (Å²) in [5.41, 5.74) is 8.03. The molecule has 0 amide bonds. The molecule has 2 nitrogen and oxygen atoms in total. The van der Waals surface area contributed by atoms with Gasteiger partial charge in [-0.15, -0.1) is 12.4 Å². The van der Waals surface area contributed by atoms with Crippen molar-refractivity contribution in [3.05, 3.63) is 28.5 Å². The van der Waals surface area contributed by atoms with Crippen molar-refractivity contribution in [3.63, 3.8) is 0 Å². The van der Waals surface area contributed by atoms with E-state index in [1.165, 1.54) is 5.56 Å². The van der Waals surface area contributed by atoms with Gasteiger partial charge in [-0.25, -0.2) is 0 Å². The molecule has 12 heavy (non-hydrogen) atoms. The summed E-state index contributed by atoms with van der Waals surface area (Å²) in [7, 11) is 0. The quantitative estimate of drug-likeness (QED) is 0.704. The van der Waals surface area contributed by atoms with Crippen molar-refractivity contribution in [1.29, 1.82) is 0 Å². The van der Waals surface area contributed by atoms with Crippen molar-refractivity contribution in [2.24, 2.45) is 5.73 Å². The first-order valence-electron chi connectivity index (χ1n) is 3.67. The highest BCUT2D eigenvalue weighted by molar-refractivity contribution is 6.30. The van der Waals surface area contributed by atoms with Gasteiger partial charge in [0.2, 0.25) is 0 Å². The second kappa shape index (κ2) is 3.60.